The van der Waals surface area contributed by atoms with Gasteiger partial charge in [0.1, 0.15) is 18.8 Å². The Morgan fingerprint density at radius 3 is 1.85 bits per heavy atom. The van der Waals surface area contributed by atoms with Crippen LogP contribution in [-0.4, -0.2) is 49.1 Å². The summed E-state index contributed by atoms with van der Waals surface area (Å²) in [5.41, 5.74) is 0. The van der Waals surface area contributed by atoms with Gasteiger partial charge in [-0.3, -0.25) is 23.5 Å². The number of benzene rings is 2. The van der Waals surface area contributed by atoms with E-state index in [1.54, 1.807) is 60.7 Å². The zero-order chi connectivity index (χ0) is 24.7. The minimum atomic E-state index is -3.65. The molecule has 3 rings (SSSR count). The van der Waals surface area contributed by atoms with Gasteiger partial charge >= 0.3 is 17.9 Å². The minimum absolute atomic E-state index is 0.0578. The van der Waals surface area contributed by atoms with E-state index in [-0.39, 0.29) is 13.0 Å². The molecule has 1 aliphatic heterocycles. The van der Waals surface area contributed by atoms with Crippen LogP contribution >= 0.6 is 7.37 Å². The molecule has 0 N–H and O–H groups in total. The number of carbonyl (C=O) groups is 3. The molecule has 0 aliphatic carbocycles. The highest BCUT2D eigenvalue weighted by molar-refractivity contribution is 7.74. The van der Waals surface area contributed by atoms with Crippen LogP contribution in [0.25, 0.3) is 0 Å². The van der Waals surface area contributed by atoms with Gasteiger partial charge in [-0.25, -0.2) is 0 Å². The van der Waals surface area contributed by atoms with Gasteiger partial charge in [-0.2, -0.15) is 0 Å². The molecule has 1 fully saturated rings. The van der Waals surface area contributed by atoms with Crippen LogP contribution in [0, 0.1) is 0 Å². The lowest BCUT2D eigenvalue weighted by atomic mass is 10.0. The van der Waals surface area contributed by atoms with Crippen LogP contribution in [0.2, 0.25) is 0 Å². The predicted octanol–water partition coefficient (Wildman–Crippen LogP) is 2.47. The Balaban J connectivity index is 1.96. The highest BCUT2D eigenvalue weighted by atomic mass is 31.2. The highest BCUT2D eigenvalue weighted by Gasteiger charge is 2.46. The van der Waals surface area contributed by atoms with Crippen molar-refractivity contribution in [1.29, 1.82) is 0 Å². The fourth-order valence-corrected chi connectivity index (χ4v) is 5.79. The largest absolute Gasteiger partial charge is 0.463 e. The average Bonchev–Trinajstić information content (AvgIpc) is 2.80. The van der Waals surface area contributed by atoms with E-state index in [1.165, 1.54) is 20.8 Å². The Hall–Kier alpha value is -3.00. The summed E-state index contributed by atoms with van der Waals surface area (Å²) in [6.07, 6.45) is -4.22. The topological polar surface area (TPSA) is 114 Å². The van der Waals surface area contributed by atoms with E-state index in [2.05, 4.69) is 0 Å². The number of rotatable bonds is 8. The Morgan fingerprint density at radius 1 is 0.853 bits per heavy atom. The van der Waals surface area contributed by atoms with Crippen LogP contribution in [0.3, 0.4) is 0 Å². The van der Waals surface area contributed by atoms with Gasteiger partial charge in [-0.15, -0.1) is 0 Å². The molecule has 1 heterocycles. The maximum atomic E-state index is 14.3. The van der Waals surface area contributed by atoms with Crippen LogP contribution in [0.15, 0.2) is 60.7 Å². The summed E-state index contributed by atoms with van der Waals surface area (Å²) >= 11 is 0. The van der Waals surface area contributed by atoms with Crippen molar-refractivity contribution in [2.45, 2.75) is 51.8 Å². The Bertz CT molecular complexity index is 997. The molecule has 182 valence electrons. The molecule has 9 nitrogen and oxygen atoms in total. The van der Waals surface area contributed by atoms with Crippen molar-refractivity contribution in [1.82, 2.24) is 0 Å². The second-order valence-electron chi connectivity index (χ2n) is 7.69. The molecule has 1 aliphatic rings. The van der Waals surface area contributed by atoms with E-state index in [9.17, 15) is 18.9 Å². The van der Waals surface area contributed by atoms with Crippen molar-refractivity contribution in [2.75, 3.05) is 6.61 Å². The first-order valence-electron chi connectivity index (χ1n) is 10.7. The lowest BCUT2D eigenvalue weighted by molar-refractivity contribution is -0.245. The molecule has 0 bridgehead atoms. The van der Waals surface area contributed by atoms with Crippen molar-refractivity contribution in [3.63, 3.8) is 0 Å². The molecule has 34 heavy (non-hydrogen) atoms. The third-order valence-corrected chi connectivity index (χ3v) is 7.50. The zero-order valence-electron chi connectivity index (χ0n) is 19.1. The summed E-state index contributed by atoms with van der Waals surface area (Å²) in [6, 6.07) is 17.4. The summed E-state index contributed by atoms with van der Waals surface area (Å²) in [7, 11) is -3.65. The molecular weight excluding hydrogens is 463 g/mol. The molecule has 0 unspecified atom stereocenters. The molecular formula is C24H27O9P. The van der Waals surface area contributed by atoms with Crippen molar-refractivity contribution in [2.24, 2.45) is 0 Å². The highest BCUT2D eigenvalue weighted by Crippen LogP contribution is 2.47. The first-order chi connectivity index (χ1) is 16.2. The van der Waals surface area contributed by atoms with Crippen LogP contribution in [0.1, 0.15) is 27.2 Å². The third kappa shape index (κ3) is 6.53. The van der Waals surface area contributed by atoms with Gasteiger partial charge in [-0.1, -0.05) is 36.4 Å². The van der Waals surface area contributed by atoms with Crippen LogP contribution in [0.5, 0.6) is 0 Å². The summed E-state index contributed by atoms with van der Waals surface area (Å²) in [5, 5.41) is 0.903. The average molecular weight is 490 g/mol. The van der Waals surface area contributed by atoms with Gasteiger partial charge in [0, 0.05) is 37.8 Å². The maximum absolute atomic E-state index is 14.3. The summed E-state index contributed by atoms with van der Waals surface area (Å²) < 4.78 is 42.1. The number of esters is 3. The lowest BCUT2D eigenvalue weighted by Gasteiger charge is -2.40. The molecule has 0 saturated carbocycles. The van der Waals surface area contributed by atoms with Gasteiger partial charge < -0.3 is 18.9 Å². The molecule has 0 spiro atoms. The number of carbonyl (C=O) groups excluding carboxylic acids is 3. The van der Waals surface area contributed by atoms with Crippen molar-refractivity contribution < 1.29 is 42.4 Å². The first kappa shape index (κ1) is 25.6. The smallest absolute Gasteiger partial charge is 0.303 e. The van der Waals surface area contributed by atoms with Crippen LogP contribution < -0.4 is 10.6 Å². The van der Waals surface area contributed by atoms with Gasteiger partial charge in [0.2, 0.25) is 0 Å². The van der Waals surface area contributed by atoms with E-state index in [0.717, 1.165) is 0 Å². The summed E-state index contributed by atoms with van der Waals surface area (Å²) in [6.45, 7) is 3.36. The molecule has 0 radical (unpaired) electrons. The molecule has 0 amide bonds. The quantitative estimate of drug-likeness (QED) is 0.313. The minimum Gasteiger partial charge on any atom is -0.463 e. The van der Waals surface area contributed by atoms with Crippen molar-refractivity contribution in [3.05, 3.63) is 60.7 Å². The monoisotopic (exact) mass is 490 g/mol. The van der Waals surface area contributed by atoms with Crippen molar-refractivity contribution in [3.8, 4) is 0 Å². The van der Waals surface area contributed by atoms with E-state index in [1.807, 2.05) is 0 Å². The second kappa shape index (κ2) is 11.4. The van der Waals surface area contributed by atoms with E-state index in [0.29, 0.717) is 10.6 Å². The van der Waals surface area contributed by atoms with Gasteiger partial charge in [0.05, 0.1) is 0 Å². The predicted molar refractivity (Wildman–Crippen MR) is 122 cm³/mol. The van der Waals surface area contributed by atoms with Gasteiger partial charge in [0.15, 0.2) is 12.4 Å². The summed E-state index contributed by atoms with van der Waals surface area (Å²) in [5.74, 6) is -1.81. The third-order valence-electron chi connectivity index (χ3n) is 5.01. The molecule has 10 heteroatoms. The van der Waals surface area contributed by atoms with Crippen LogP contribution in [0.4, 0.5) is 0 Å². The van der Waals surface area contributed by atoms with Gasteiger partial charge in [-0.05, 0) is 24.3 Å². The Labute approximate surface area is 197 Å². The SMILES string of the molecule is CC(=O)OC[C@H]1O[C@H](OP(=O)(c2ccccc2)c2ccccc2)C[C@@H](OC(C)=O)[C@@H]1OC(C)=O. The fourth-order valence-electron chi connectivity index (χ4n) is 3.65. The van der Waals surface area contributed by atoms with E-state index < -0.39 is 49.9 Å². The second-order valence-corrected chi connectivity index (χ2v) is 10.0. The lowest BCUT2D eigenvalue weighted by Crippen LogP contribution is -2.54. The number of hydrogen-bond acceptors (Lipinski definition) is 9. The molecule has 4 atom stereocenters. The number of hydrogen-bond donors (Lipinski definition) is 0. The van der Waals surface area contributed by atoms with Gasteiger partial charge in [0.25, 0.3) is 7.37 Å². The Kier molecular flexibility index (Phi) is 8.61. The molecule has 2 aromatic rings. The first-order valence-corrected chi connectivity index (χ1v) is 12.3. The standard InChI is InChI=1S/C24H27O9P/c1-16(25)29-15-22-24(31-18(3)27)21(30-17(2)26)14-23(32-22)33-34(28,19-10-6-4-7-11-19)20-12-8-5-9-13-20/h4-13,21-24H,14-15H2,1-3H3/t21-,22-,23-,24+/m1/s1. The van der Waals surface area contributed by atoms with E-state index in [4.69, 9.17) is 23.5 Å². The summed E-state index contributed by atoms with van der Waals surface area (Å²) in [4.78, 5) is 34.9. The van der Waals surface area contributed by atoms with E-state index >= 15 is 0 Å². The number of ether oxygens (including phenoxy) is 4. The fraction of sp³-hybridized carbons (Fsp3) is 0.375. The molecule has 0 aromatic heterocycles. The molecule has 1 saturated heterocycles. The maximum Gasteiger partial charge on any atom is 0.303 e. The normalized spacial score (nSPS) is 22.4. The Morgan fingerprint density at radius 2 is 1.38 bits per heavy atom. The van der Waals surface area contributed by atoms with Crippen LogP contribution in [-0.2, 0) is 42.4 Å². The molecule has 2 aromatic carbocycles. The van der Waals surface area contributed by atoms with Crippen molar-refractivity contribution >= 4 is 35.9 Å². The zero-order valence-corrected chi connectivity index (χ0v) is 20.0.